The van der Waals surface area contributed by atoms with Crippen LogP contribution in [0.3, 0.4) is 0 Å². The Labute approximate surface area is 170 Å². The van der Waals surface area contributed by atoms with Crippen molar-refractivity contribution in [2.24, 2.45) is 0 Å². The van der Waals surface area contributed by atoms with Crippen LogP contribution in [0.25, 0.3) is 0 Å². The van der Waals surface area contributed by atoms with Gasteiger partial charge in [-0.15, -0.1) is 0 Å². The van der Waals surface area contributed by atoms with E-state index in [1.54, 1.807) is 6.07 Å². The van der Waals surface area contributed by atoms with Crippen molar-refractivity contribution in [3.8, 4) is 0 Å². The van der Waals surface area contributed by atoms with Gasteiger partial charge in [-0.2, -0.15) is 5.10 Å². The Hall–Kier alpha value is -3.03. The van der Waals surface area contributed by atoms with Gasteiger partial charge in [-0.05, 0) is 45.6 Å². The lowest BCUT2D eigenvalue weighted by Crippen LogP contribution is -2.42. The Morgan fingerprint density at radius 3 is 2.66 bits per heavy atom. The van der Waals surface area contributed by atoms with E-state index in [-0.39, 0.29) is 24.2 Å². The number of aromatic amines is 1. The molecule has 0 unspecified atom stereocenters. The van der Waals surface area contributed by atoms with Gasteiger partial charge >= 0.3 is 12.2 Å². The molecule has 1 aromatic heterocycles. The van der Waals surface area contributed by atoms with E-state index in [2.05, 4.69) is 20.8 Å². The van der Waals surface area contributed by atoms with E-state index in [0.29, 0.717) is 5.82 Å². The number of H-pyrrole nitrogens is 1. The molecule has 0 aliphatic heterocycles. The monoisotopic (exact) mass is 400 g/mol. The number of benzene rings is 1. The minimum absolute atomic E-state index is 0.127. The first-order chi connectivity index (χ1) is 13.8. The minimum atomic E-state index is -0.557. The Kier molecular flexibility index (Phi) is 6.41. The van der Waals surface area contributed by atoms with Crippen LogP contribution in [0.1, 0.15) is 57.2 Å². The molecule has 8 nitrogen and oxygen atoms in total. The summed E-state index contributed by atoms with van der Waals surface area (Å²) in [6.07, 6.45) is 1.32. The number of anilines is 1. The Bertz CT molecular complexity index is 829. The first-order valence-corrected chi connectivity index (χ1v) is 9.80. The quantitative estimate of drug-likeness (QED) is 0.693. The van der Waals surface area contributed by atoms with Crippen molar-refractivity contribution in [1.29, 1.82) is 0 Å². The number of rotatable bonds is 5. The third-order valence-corrected chi connectivity index (χ3v) is 4.62. The molecule has 0 saturated heterocycles. The van der Waals surface area contributed by atoms with E-state index in [4.69, 9.17) is 9.47 Å². The van der Waals surface area contributed by atoms with Gasteiger partial charge < -0.3 is 14.8 Å². The van der Waals surface area contributed by atoms with Crippen LogP contribution in [0.5, 0.6) is 0 Å². The third kappa shape index (κ3) is 6.51. The summed E-state index contributed by atoms with van der Waals surface area (Å²) in [5, 5.41) is 12.5. The Morgan fingerprint density at radius 1 is 1.17 bits per heavy atom. The molecule has 1 aliphatic rings. The molecule has 3 N–H and O–H groups in total. The third-order valence-electron chi connectivity index (χ3n) is 4.62. The fourth-order valence-corrected chi connectivity index (χ4v) is 3.29. The normalized spacial score (nSPS) is 18.9. The number of nitrogens with zero attached hydrogens (tertiary/aromatic N) is 1. The lowest BCUT2D eigenvalue weighted by atomic mass is 10.0. The molecule has 3 rings (SSSR count). The fraction of sp³-hybridized carbons (Fsp3) is 0.476. The summed E-state index contributed by atoms with van der Waals surface area (Å²) in [7, 11) is 0. The SMILES string of the molecule is CC(C)(C)NC(=O)O[C@@H]1CC[C@H](c2cc(NC(=O)OCc3ccccc3)n[nH]2)C1. The lowest BCUT2D eigenvalue weighted by molar-refractivity contribution is 0.0936. The molecule has 2 aromatic rings. The second-order valence-electron chi connectivity index (χ2n) is 8.31. The van der Waals surface area contributed by atoms with Crippen molar-refractivity contribution >= 4 is 18.0 Å². The molecule has 0 radical (unpaired) electrons. The number of hydrogen-bond acceptors (Lipinski definition) is 5. The van der Waals surface area contributed by atoms with Crippen molar-refractivity contribution in [2.75, 3.05) is 5.32 Å². The van der Waals surface area contributed by atoms with Crippen molar-refractivity contribution in [3.05, 3.63) is 47.7 Å². The van der Waals surface area contributed by atoms with Crippen LogP contribution < -0.4 is 10.6 Å². The molecule has 2 amide bonds. The number of carbonyl (C=O) groups excluding carboxylic acids is 2. The molecule has 156 valence electrons. The van der Waals surface area contributed by atoms with Gasteiger partial charge in [0.2, 0.25) is 0 Å². The van der Waals surface area contributed by atoms with Crippen LogP contribution in [-0.2, 0) is 16.1 Å². The zero-order chi connectivity index (χ0) is 20.9. The van der Waals surface area contributed by atoms with Gasteiger partial charge in [0, 0.05) is 23.2 Å². The number of amides is 2. The second-order valence-corrected chi connectivity index (χ2v) is 8.31. The van der Waals surface area contributed by atoms with E-state index in [0.717, 1.165) is 30.5 Å². The Morgan fingerprint density at radius 2 is 1.93 bits per heavy atom. The maximum Gasteiger partial charge on any atom is 0.413 e. The van der Waals surface area contributed by atoms with Gasteiger partial charge in [-0.25, -0.2) is 9.59 Å². The smallest absolute Gasteiger partial charge is 0.413 e. The number of nitrogens with one attached hydrogen (secondary N) is 3. The summed E-state index contributed by atoms with van der Waals surface area (Å²) >= 11 is 0. The first-order valence-electron chi connectivity index (χ1n) is 9.80. The van der Waals surface area contributed by atoms with E-state index < -0.39 is 12.2 Å². The zero-order valence-corrected chi connectivity index (χ0v) is 17.0. The molecule has 0 bridgehead atoms. The number of alkyl carbamates (subject to hydrolysis) is 1. The van der Waals surface area contributed by atoms with Gasteiger partial charge in [0.05, 0.1) is 0 Å². The van der Waals surface area contributed by atoms with Gasteiger partial charge in [0.15, 0.2) is 5.82 Å². The predicted molar refractivity (Wildman–Crippen MR) is 109 cm³/mol. The van der Waals surface area contributed by atoms with Crippen LogP contribution in [0.15, 0.2) is 36.4 Å². The highest BCUT2D eigenvalue weighted by Crippen LogP contribution is 2.35. The van der Waals surface area contributed by atoms with Crippen LogP contribution in [0, 0.1) is 0 Å². The van der Waals surface area contributed by atoms with E-state index >= 15 is 0 Å². The number of hydrogen-bond donors (Lipinski definition) is 3. The summed E-state index contributed by atoms with van der Waals surface area (Å²) in [6.45, 7) is 5.93. The minimum Gasteiger partial charge on any atom is -0.446 e. The topological polar surface area (TPSA) is 105 Å². The van der Waals surface area contributed by atoms with Gasteiger partial charge in [0.1, 0.15) is 12.7 Å². The van der Waals surface area contributed by atoms with Gasteiger partial charge in [-0.3, -0.25) is 10.4 Å². The molecule has 29 heavy (non-hydrogen) atoms. The van der Waals surface area contributed by atoms with Crippen molar-refractivity contribution < 1.29 is 19.1 Å². The molecule has 8 heteroatoms. The van der Waals surface area contributed by atoms with Crippen LogP contribution in [-0.4, -0.2) is 34.0 Å². The standard InChI is InChI=1S/C21H28N4O4/c1-21(2,3)23-20(27)29-16-10-9-15(11-16)17-12-18(25-24-17)22-19(26)28-13-14-7-5-4-6-8-14/h4-8,12,15-16H,9-11,13H2,1-3H3,(H,23,27)(H2,22,24,25,26)/t15-,16+/m0/s1. The van der Waals surface area contributed by atoms with Crippen molar-refractivity contribution in [2.45, 2.75) is 64.2 Å². The summed E-state index contributed by atoms with van der Waals surface area (Å²) in [6, 6.07) is 11.3. The van der Waals surface area contributed by atoms with Gasteiger partial charge in [-0.1, -0.05) is 30.3 Å². The molecule has 1 fully saturated rings. The maximum absolute atomic E-state index is 12.0. The molecule has 1 aromatic carbocycles. The largest absolute Gasteiger partial charge is 0.446 e. The summed E-state index contributed by atoms with van der Waals surface area (Å²) < 4.78 is 10.7. The number of carbonyl (C=O) groups is 2. The fourth-order valence-electron chi connectivity index (χ4n) is 3.29. The zero-order valence-electron chi connectivity index (χ0n) is 17.0. The van der Waals surface area contributed by atoms with Crippen LogP contribution in [0.4, 0.5) is 15.4 Å². The summed E-state index contributed by atoms with van der Waals surface area (Å²) in [5.74, 6) is 0.610. The highest BCUT2D eigenvalue weighted by atomic mass is 16.6. The van der Waals surface area contributed by atoms with Crippen molar-refractivity contribution in [3.63, 3.8) is 0 Å². The molecular formula is C21H28N4O4. The van der Waals surface area contributed by atoms with Gasteiger partial charge in [0.25, 0.3) is 0 Å². The van der Waals surface area contributed by atoms with Crippen LogP contribution >= 0.6 is 0 Å². The second kappa shape index (κ2) is 8.98. The summed E-state index contributed by atoms with van der Waals surface area (Å²) in [4.78, 5) is 23.9. The lowest BCUT2D eigenvalue weighted by Gasteiger charge is -2.22. The van der Waals surface area contributed by atoms with E-state index in [9.17, 15) is 9.59 Å². The van der Waals surface area contributed by atoms with E-state index in [1.165, 1.54) is 0 Å². The average Bonchev–Trinajstić information content (AvgIpc) is 3.28. The predicted octanol–water partition coefficient (Wildman–Crippen LogP) is 4.32. The molecule has 0 spiro atoms. The number of aromatic nitrogens is 2. The Balaban J connectivity index is 1.45. The summed E-state index contributed by atoms with van der Waals surface area (Å²) in [5.41, 5.74) is 1.50. The maximum atomic E-state index is 12.0. The highest BCUT2D eigenvalue weighted by Gasteiger charge is 2.30. The molecule has 2 atom stereocenters. The first kappa shape index (κ1) is 20.7. The number of ether oxygens (including phenoxy) is 2. The molecule has 1 saturated carbocycles. The van der Waals surface area contributed by atoms with Crippen molar-refractivity contribution in [1.82, 2.24) is 15.5 Å². The molecule has 1 aliphatic carbocycles. The molecular weight excluding hydrogens is 372 g/mol. The van der Waals surface area contributed by atoms with Crippen LogP contribution in [0.2, 0.25) is 0 Å². The highest BCUT2D eigenvalue weighted by molar-refractivity contribution is 5.83. The van der Waals surface area contributed by atoms with E-state index in [1.807, 2.05) is 51.1 Å². The molecule has 1 heterocycles. The average molecular weight is 400 g/mol.